The van der Waals surface area contributed by atoms with Gasteiger partial charge in [0.25, 0.3) is 0 Å². The summed E-state index contributed by atoms with van der Waals surface area (Å²) in [6, 6.07) is 0. The van der Waals surface area contributed by atoms with E-state index >= 15 is 0 Å². The Labute approximate surface area is 158 Å². The molecule has 0 atom stereocenters. The van der Waals surface area contributed by atoms with E-state index in [9.17, 15) is 0 Å². The minimum absolute atomic E-state index is 0. The third-order valence-corrected chi connectivity index (χ3v) is 2.55. The van der Waals surface area contributed by atoms with Gasteiger partial charge in [-0.2, -0.15) is 0 Å². The van der Waals surface area contributed by atoms with Crippen LogP contribution in [0.5, 0.6) is 0 Å². The number of nitrogens with zero attached hydrogens (tertiary/aromatic N) is 8. The van der Waals surface area contributed by atoms with E-state index in [-0.39, 0.29) is 17.1 Å². The van der Waals surface area contributed by atoms with E-state index in [0.29, 0.717) is 0 Å². The molecule has 0 fully saturated rings. The van der Waals surface area contributed by atoms with Gasteiger partial charge in [-0.1, -0.05) is 0 Å². The molecule has 4 aromatic heterocycles. The summed E-state index contributed by atoms with van der Waals surface area (Å²) in [4.78, 5) is 15.1. The van der Waals surface area contributed by atoms with Crippen molar-refractivity contribution in [3.63, 3.8) is 0 Å². The summed E-state index contributed by atoms with van der Waals surface area (Å²) >= 11 is 0. The largest absolute Gasteiger partial charge is 1.00 e. The first-order chi connectivity index (χ1) is 11.6. The Kier molecular flexibility index (Phi) is 12.3. The van der Waals surface area contributed by atoms with Crippen LogP contribution in [0.1, 0.15) is 0 Å². The molecule has 4 rings (SSSR count). The molecule has 0 aromatic carbocycles. The van der Waals surface area contributed by atoms with Crippen molar-refractivity contribution in [2.24, 2.45) is 28.2 Å². The maximum Gasteiger partial charge on any atom is 1.00 e. The van der Waals surface area contributed by atoms with E-state index in [0.717, 1.165) is 0 Å². The zero-order valence-corrected chi connectivity index (χ0v) is 15.7. The second-order valence-electron chi connectivity index (χ2n) is 4.91. The van der Waals surface area contributed by atoms with E-state index in [1.165, 1.54) is 0 Å². The van der Waals surface area contributed by atoms with Crippen LogP contribution in [-0.4, -0.2) is 38.2 Å². The third kappa shape index (κ3) is 12.4. The molecule has 9 heteroatoms. The molecule has 0 spiro atoms. The van der Waals surface area contributed by atoms with Gasteiger partial charge in [0.2, 0.25) is 0 Å². The van der Waals surface area contributed by atoms with Crippen molar-refractivity contribution >= 4 is 0 Å². The average Bonchev–Trinajstić information content (AvgIpc) is 3.31. The van der Waals surface area contributed by atoms with Crippen LogP contribution in [0.25, 0.3) is 0 Å². The molecule has 0 saturated carbocycles. The van der Waals surface area contributed by atoms with Gasteiger partial charge in [0, 0.05) is 77.8 Å². The third-order valence-electron chi connectivity index (χ3n) is 2.55. The van der Waals surface area contributed by atoms with Gasteiger partial charge in [-0.25, -0.2) is 19.9 Å². The van der Waals surface area contributed by atoms with Gasteiger partial charge in [0.05, 0.1) is 25.3 Å². The molecule has 0 N–H and O–H groups in total. The number of aryl methyl sites for hydroxylation is 4. The van der Waals surface area contributed by atoms with Crippen LogP contribution in [0.4, 0.5) is 0 Å². The molecule has 25 heavy (non-hydrogen) atoms. The van der Waals surface area contributed by atoms with Crippen molar-refractivity contribution < 1.29 is 17.1 Å². The minimum Gasteiger partial charge on any atom is -0.341 e. The molecule has 0 amide bonds. The summed E-state index contributed by atoms with van der Waals surface area (Å²) in [5.41, 5.74) is 0. The fourth-order valence-corrected chi connectivity index (χ4v) is 1.30. The zero-order valence-electron chi connectivity index (χ0n) is 14.8. The van der Waals surface area contributed by atoms with Crippen molar-refractivity contribution in [1.29, 1.82) is 0 Å². The Hall–Kier alpha value is -2.64. The van der Waals surface area contributed by atoms with Gasteiger partial charge in [-0.15, -0.1) is 0 Å². The van der Waals surface area contributed by atoms with E-state index in [4.69, 9.17) is 0 Å². The smallest absolute Gasteiger partial charge is 0.341 e. The normalized spacial score (nSPS) is 8.48. The zero-order chi connectivity index (χ0) is 17.6. The van der Waals surface area contributed by atoms with Crippen molar-refractivity contribution in [2.75, 3.05) is 0 Å². The van der Waals surface area contributed by atoms with Crippen molar-refractivity contribution in [1.82, 2.24) is 38.2 Å². The van der Waals surface area contributed by atoms with Gasteiger partial charge < -0.3 is 18.3 Å². The Balaban J connectivity index is 0.000000303. The number of hydrogen-bond donors (Lipinski definition) is 0. The first-order valence-electron chi connectivity index (χ1n) is 7.25. The minimum atomic E-state index is 0. The summed E-state index contributed by atoms with van der Waals surface area (Å²) in [5, 5.41) is 0. The van der Waals surface area contributed by atoms with E-state index in [2.05, 4.69) is 19.9 Å². The quantitative estimate of drug-likeness (QED) is 0.427. The molecule has 0 saturated heterocycles. The standard InChI is InChI=1S/4C4H6N2.Cu/c4*1-6-3-2-5-4-6;/h4*2-4H,1H3;/q;;;;+1. The average molecular weight is 392 g/mol. The van der Waals surface area contributed by atoms with Crippen molar-refractivity contribution in [3.8, 4) is 0 Å². The molecule has 0 radical (unpaired) electrons. The molecule has 4 heterocycles. The van der Waals surface area contributed by atoms with E-state index < -0.39 is 0 Å². The van der Waals surface area contributed by atoms with Crippen LogP contribution >= 0.6 is 0 Å². The molecular formula is C16H24CuN8+. The van der Waals surface area contributed by atoms with Crippen LogP contribution in [0.15, 0.2) is 74.9 Å². The molecule has 0 unspecified atom stereocenters. The van der Waals surface area contributed by atoms with E-state index in [1.807, 2.05) is 71.2 Å². The maximum atomic E-state index is 3.78. The van der Waals surface area contributed by atoms with Gasteiger partial charge in [0.15, 0.2) is 0 Å². The fourth-order valence-electron chi connectivity index (χ4n) is 1.30. The molecule has 4 aromatic rings. The Bertz CT molecular complexity index is 571. The monoisotopic (exact) mass is 391 g/mol. The summed E-state index contributed by atoms with van der Waals surface area (Å²) in [6.45, 7) is 0. The summed E-state index contributed by atoms with van der Waals surface area (Å²) in [6.07, 6.45) is 21.6. The molecule has 0 bridgehead atoms. The number of aromatic nitrogens is 8. The first kappa shape index (κ1) is 22.4. The second kappa shape index (κ2) is 13.8. The summed E-state index contributed by atoms with van der Waals surface area (Å²) in [7, 11) is 7.75. The maximum absolute atomic E-state index is 3.78. The molecule has 138 valence electrons. The van der Waals surface area contributed by atoms with Crippen molar-refractivity contribution in [3.05, 3.63) is 74.9 Å². The molecule has 8 nitrogen and oxygen atoms in total. The number of imidazole rings is 4. The molecular weight excluding hydrogens is 368 g/mol. The Morgan fingerprint density at radius 2 is 0.640 bits per heavy atom. The van der Waals surface area contributed by atoms with Crippen LogP contribution in [0.3, 0.4) is 0 Å². The van der Waals surface area contributed by atoms with E-state index in [1.54, 1.807) is 50.1 Å². The van der Waals surface area contributed by atoms with Crippen LogP contribution in [0, 0.1) is 0 Å². The van der Waals surface area contributed by atoms with Crippen molar-refractivity contribution in [2.45, 2.75) is 0 Å². The predicted molar refractivity (Wildman–Crippen MR) is 92.8 cm³/mol. The van der Waals surface area contributed by atoms with Crippen LogP contribution in [0.2, 0.25) is 0 Å². The second-order valence-corrected chi connectivity index (χ2v) is 4.91. The first-order valence-corrected chi connectivity index (χ1v) is 7.25. The predicted octanol–water partition coefficient (Wildman–Crippen LogP) is 1.68. The van der Waals surface area contributed by atoms with Crippen LogP contribution in [-0.2, 0) is 45.3 Å². The molecule has 0 aliphatic rings. The summed E-state index contributed by atoms with van der Waals surface area (Å²) < 4.78 is 7.56. The van der Waals surface area contributed by atoms with Gasteiger partial charge in [0.1, 0.15) is 0 Å². The SMILES string of the molecule is Cn1ccnc1.Cn1ccnc1.Cn1ccnc1.Cn1ccnc1.[Cu+]. The fraction of sp³-hybridized carbons (Fsp3) is 0.250. The van der Waals surface area contributed by atoms with Gasteiger partial charge >= 0.3 is 17.1 Å². The van der Waals surface area contributed by atoms with Crippen LogP contribution < -0.4 is 0 Å². The van der Waals surface area contributed by atoms with Gasteiger partial charge in [-0.05, 0) is 0 Å². The Morgan fingerprint density at radius 1 is 0.440 bits per heavy atom. The molecule has 0 aliphatic carbocycles. The molecule has 0 aliphatic heterocycles. The number of hydrogen-bond acceptors (Lipinski definition) is 4. The number of rotatable bonds is 0. The topological polar surface area (TPSA) is 71.3 Å². The summed E-state index contributed by atoms with van der Waals surface area (Å²) in [5.74, 6) is 0. The van der Waals surface area contributed by atoms with Gasteiger partial charge in [-0.3, -0.25) is 0 Å². The Morgan fingerprint density at radius 3 is 0.680 bits per heavy atom.